The molecule has 0 saturated carbocycles. The van der Waals surface area contributed by atoms with Crippen LogP contribution in [0, 0.1) is 5.92 Å². The number of rotatable bonds is 7. The highest BCUT2D eigenvalue weighted by molar-refractivity contribution is 8.13. The lowest BCUT2D eigenvalue weighted by molar-refractivity contribution is -0.139. The zero-order chi connectivity index (χ0) is 23.1. The van der Waals surface area contributed by atoms with Crippen molar-refractivity contribution in [2.45, 2.75) is 52.1 Å². The molecular formula is C22H34N2O5S. The molecule has 7 nitrogen and oxygen atoms in total. The van der Waals surface area contributed by atoms with Gasteiger partial charge in [0.1, 0.15) is 12.8 Å². The fourth-order valence-corrected chi connectivity index (χ4v) is 3.65. The highest BCUT2D eigenvalue weighted by Gasteiger charge is 2.28. The molecule has 1 heterocycles. The molecular weight excluding hydrogens is 404 g/mol. The van der Waals surface area contributed by atoms with E-state index in [0.29, 0.717) is 18.2 Å². The zero-order valence-corrected chi connectivity index (χ0v) is 19.1. The van der Waals surface area contributed by atoms with Gasteiger partial charge in [-0.15, -0.1) is 0 Å². The number of benzene rings is 1. The molecule has 0 aliphatic carbocycles. The van der Waals surface area contributed by atoms with Gasteiger partial charge in [0.05, 0.1) is 0 Å². The van der Waals surface area contributed by atoms with Crippen molar-refractivity contribution in [2.75, 3.05) is 19.3 Å². The molecule has 1 fully saturated rings. The average molecular weight is 439 g/mol. The lowest BCUT2D eigenvalue weighted by Crippen LogP contribution is -2.38. The van der Waals surface area contributed by atoms with Crippen LogP contribution < -0.4 is 5.32 Å². The minimum absolute atomic E-state index is 0.0422. The van der Waals surface area contributed by atoms with Gasteiger partial charge in [-0.3, -0.25) is 14.4 Å². The third kappa shape index (κ3) is 10.5. The van der Waals surface area contributed by atoms with Gasteiger partial charge in [-0.05, 0) is 38.8 Å². The van der Waals surface area contributed by atoms with Crippen molar-refractivity contribution in [1.29, 1.82) is 0 Å². The van der Waals surface area contributed by atoms with Crippen LogP contribution in [0.4, 0.5) is 0 Å². The van der Waals surface area contributed by atoms with Gasteiger partial charge in [0.15, 0.2) is 5.12 Å². The van der Waals surface area contributed by atoms with Crippen LogP contribution in [0.1, 0.15) is 39.2 Å². The molecule has 1 saturated heterocycles. The van der Waals surface area contributed by atoms with Crippen molar-refractivity contribution in [2.24, 2.45) is 5.92 Å². The SMILES string of the molecule is C=O.CC(=O)SCC(C)C(=O)N1CCCC1C.CN[C@H](Cc1ccccc1)C(=O)O. The van der Waals surface area contributed by atoms with Crippen molar-refractivity contribution >= 4 is 35.5 Å². The van der Waals surface area contributed by atoms with Crippen LogP contribution in [0.5, 0.6) is 0 Å². The molecule has 168 valence electrons. The van der Waals surface area contributed by atoms with Gasteiger partial charge in [-0.25, -0.2) is 0 Å². The summed E-state index contributed by atoms with van der Waals surface area (Å²) in [7, 11) is 1.65. The Labute approximate surface area is 183 Å². The minimum Gasteiger partial charge on any atom is -0.480 e. The highest BCUT2D eigenvalue weighted by atomic mass is 32.2. The first-order chi connectivity index (χ1) is 14.3. The monoisotopic (exact) mass is 438 g/mol. The Bertz CT molecular complexity index is 656. The first-order valence-corrected chi connectivity index (χ1v) is 10.9. The molecule has 0 radical (unpaired) electrons. The van der Waals surface area contributed by atoms with Gasteiger partial charge in [-0.2, -0.15) is 0 Å². The molecule has 1 amide bonds. The first kappa shape index (κ1) is 27.8. The zero-order valence-electron chi connectivity index (χ0n) is 18.3. The maximum absolute atomic E-state index is 12.0. The van der Waals surface area contributed by atoms with E-state index in [2.05, 4.69) is 12.2 Å². The van der Waals surface area contributed by atoms with Gasteiger partial charge in [0, 0.05) is 31.2 Å². The van der Waals surface area contributed by atoms with E-state index >= 15 is 0 Å². The fourth-order valence-electron chi connectivity index (χ4n) is 3.02. The van der Waals surface area contributed by atoms with Gasteiger partial charge >= 0.3 is 5.97 Å². The maximum Gasteiger partial charge on any atom is 0.321 e. The topological polar surface area (TPSA) is 104 Å². The predicted octanol–water partition coefficient (Wildman–Crippen LogP) is 2.63. The first-order valence-electron chi connectivity index (χ1n) is 9.93. The smallest absolute Gasteiger partial charge is 0.321 e. The van der Waals surface area contributed by atoms with Gasteiger partial charge in [0.2, 0.25) is 5.91 Å². The van der Waals surface area contributed by atoms with E-state index in [1.54, 1.807) is 14.0 Å². The molecule has 0 spiro atoms. The standard InChI is InChI=1S/C11H19NO2S.C10H13NO2.CH2O/c1-8(7-15-10(3)13)11(14)12-6-4-5-9(12)2;1-11-9(10(12)13)7-8-5-3-2-4-6-8;1-2/h8-9H,4-7H2,1-3H3;2-6,9,11H,7H2,1H3,(H,12,13);1H2/t;9-;/m.1./s1. The normalized spacial score (nSPS) is 16.9. The van der Waals surface area contributed by atoms with Crippen molar-refractivity contribution in [3.63, 3.8) is 0 Å². The van der Waals surface area contributed by atoms with E-state index in [9.17, 15) is 14.4 Å². The van der Waals surface area contributed by atoms with Gasteiger partial charge < -0.3 is 20.1 Å². The summed E-state index contributed by atoms with van der Waals surface area (Å²) < 4.78 is 0. The molecule has 0 bridgehead atoms. The van der Waals surface area contributed by atoms with Crippen LogP contribution in [0.15, 0.2) is 30.3 Å². The number of hydrogen-bond donors (Lipinski definition) is 2. The van der Waals surface area contributed by atoms with E-state index in [4.69, 9.17) is 9.90 Å². The van der Waals surface area contributed by atoms with E-state index in [0.717, 1.165) is 24.9 Å². The highest BCUT2D eigenvalue weighted by Crippen LogP contribution is 2.20. The Morgan fingerprint density at radius 1 is 1.27 bits per heavy atom. The van der Waals surface area contributed by atoms with Crippen LogP contribution in [-0.4, -0.2) is 65.2 Å². The predicted molar refractivity (Wildman–Crippen MR) is 120 cm³/mol. The Balaban J connectivity index is 0.000000522. The summed E-state index contributed by atoms with van der Waals surface area (Å²) in [4.78, 5) is 43.4. The van der Waals surface area contributed by atoms with Crippen LogP contribution in [0.25, 0.3) is 0 Å². The van der Waals surface area contributed by atoms with Crippen LogP contribution in [0.3, 0.4) is 0 Å². The number of amides is 1. The largest absolute Gasteiger partial charge is 0.480 e. The fraction of sp³-hybridized carbons (Fsp3) is 0.545. The number of carbonyl (C=O) groups is 4. The van der Waals surface area contributed by atoms with Crippen molar-refractivity contribution < 1.29 is 24.3 Å². The quantitative estimate of drug-likeness (QED) is 0.674. The number of likely N-dealkylation sites (N-methyl/N-ethyl adjacent to an activating group) is 1. The molecule has 2 N–H and O–H groups in total. The number of likely N-dealkylation sites (tertiary alicyclic amines) is 1. The van der Waals surface area contributed by atoms with Crippen molar-refractivity contribution in [1.82, 2.24) is 10.2 Å². The molecule has 2 rings (SSSR count). The minimum atomic E-state index is -0.814. The second-order valence-corrected chi connectivity index (χ2v) is 8.29. The molecule has 30 heavy (non-hydrogen) atoms. The molecule has 2 unspecified atom stereocenters. The second-order valence-electron chi connectivity index (χ2n) is 7.10. The number of thioether (sulfide) groups is 1. The molecule has 1 aromatic carbocycles. The number of carboxylic acid groups (broad SMARTS) is 1. The number of nitrogens with one attached hydrogen (secondary N) is 1. The third-order valence-electron chi connectivity index (χ3n) is 4.72. The molecule has 1 aliphatic heterocycles. The van der Waals surface area contributed by atoms with E-state index in [-0.39, 0.29) is 16.9 Å². The molecule has 1 aromatic rings. The molecule has 8 heteroatoms. The summed E-state index contributed by atoms with van der Waals surface area (Å²) >= 11 is 1.24. The number of nitrogens with zero attached hydrogens (tertiary/aromatic N) is 1. The summed E-state index contributed by atoms with van der Waals surface area (Å²) in [5.74, 6) is -0.0447. The van der Waals surface area contributed by atoms with Crippen LogP contribution >= 0.6 is 11.8 Å². The van der Waals surface area contributed by atoms with E-state index in [1.165, 1.54) is 11.8 Å². The van der Waals surface area contributed by atoms with Gasteiger partial charge in [0.25, 0.3) is 0 Å². The second kappa shape index (κ2) is 15.6. The summed E-state index contributed by atoms with van der Waals surface area (Å²) in [5, 5.41) is 11.6. The lowest BCUT2D eigenvalue weighted by Gasteiger charge is -2.24. The van der Waals surface area contributed by atoms with Crippen molar-refractivity contribution in [3.05, 3.63) is 35.9 Å². The Morgan fingerprint density at radius 2 is 1.87 bits per heavy atom. The van der Waals surface area contributed by atoms with Crippen molar-refractivity contribution in [3.8, 4) is 0 Å². The Kier molecular flexibility index (Phi) is 14.5. The Hall–Kier alpha value is -2.19. The third-order valence-corrected chi connectivity index (χ3v) is 5.80. The molecule has 3 atom stereocenters. The number of hydrogen-bond acceptors (Lipinski definition) is 6. The summed E-state index contributed by atoms with van der Waals surface area (Å²) in [6.45, 7) is 8.43. The number of carbonyl (C=O) groups excluding carboxylic acids is 3. The molecule has 1 aliphatic rings. The Morgan fingerprint density at radius 3 is 2.30 bits per heavy atom. The number of carboxylic acids is 1. The van der Waals surface area contributed by atoms with Crippen LogP contribution in [0.2, 0.25) is 0 Å². The van der Waals surface area contributed by atoms with E-state index < -0.39 is 12.0 Å². The van der Waals surface area contributed by atoms with Crippen LogP contribution in [-0.2, 0) is 25.6 Å². The van der Waals surface area contributed by atoms with Gasteiger partial charge in [-0.1, -0.05) is 49.0 Å². The average Bonchev–Trinajstić information content (AvgIpc) is 3.18. The number of aliphatic carboxylic acids is 1. The maximum atomic E-state index is 12.0. The summed E-state index contributed by atoms with van der Waals surface area (Å²) in [6, 6.07) is 9.46. The summed E-state index contributed by atoms with van der Waals surface area (Å²) in [5.41, 5.74) is 1.03. The van der Waals surface area contributed by atoms with E-state index in [1.807, 2.05) is 48.9 Å². The molecule has 0 aromatic heterocycles. The lowest BCUT2D eigenvalue weighted by atomic mass is 10.1. The summed E-state index contributed by atoms with van der Waals surface area (Å²) in [6.07, 6.45) is 2.74.